The zero-order valence-corrected chi connectivity index (χ0v) is 25.5. The molecule has 1 atom stereocenters. The minimum atomic E-state index is -0.524. The van der Waals surface area contributed by atoms with Gasteiger partial charge in [0.15, 0.2) is 17.5 Å². The third kappa shape index (κ3) is 5.31. The van der Waals surface area contributed by atoms with Crippen LogP contribution in [0.2, 0.25) is 0 Å². The molecule has 0 amide bonds. The van der Waals surface area contributed by atoms with Crippen LogP contribution in [-0.4, -0.2) is 21.6 Å². The molecule has 2 heterocycles. The highest BCUT2D eigenvalue weighted by Gasteiger charge is 2.16. The highest BCUT2D eigenvalue weighted by Crippen LogP contribution is 2.34. The topological polar surface area (TPSA) is 51.8 Å². The van der Waals surface area contributed by atoms with Crippen LogP contribution in [0.15, 0.2) is 156 Å². The van der Waals surface area contributed by atoms with Crippen LogP contribution in [0.25, 0.3) is 67.2 Å². The van der Waals surface area contributed by atoms with Crippen LogP contribution >= 0.6 is 7.92 Å². The Kier molecular flexibility index (Phi) is 6.98. The Balaban J connectivity index is 1.29. The van der Waals surface area contributed by atoms with Crippen LogP contribution in [0.1, 0.15) is 0 Å². The third-order valence-electron chi connectivity index (χ3n) is 8.13. The Labute approximate surface area is 262 Å². The Morgan fingerprint density at radius 1 is 0.400 bits per heavy atom. The average Bonchev–Trinajstić information content (AvgIpc) is 3.50. The molecule has 0 saturated heterocycles. The van der Waals surface area contributed by atoms with Gasteiger partial charge < -0.3 is 4.42 Å². The van der Waals surface area contributed by atoms with Gasteiger partial charge in [-0.05, 0) is 72.7 Å². The first-order valence-electron chi connectivity index (χ1n) is 14.9. The van der Waals surface area contributed by atoms with Crippen LogP contribution in [0, 0.1) is 0 Å². The molecule has 0 spiro atoms. The number of furan rings is 1. The van der Waals surface area contributed by atoms with Crippen molar-refractivity contribution in [2.24, 2.45) is 0 Å². The number of hydrogen-bond donors (Lipinski definition) is 0. The van der Waals surface area contributed by atoms with Gasteiger partial charge in [0.2, 0.25) is 0 Å². The maximum absolute atomic E-state index is 6.11. The van der Waals surface area contributed by atoms with E-state index in [0.29, 0.717) is 17.5 Å². The lowest BCUT2D eigenvalue weighted by Gasteiger charge is -2.14. The summed E-state index contributed by atoms with van der Waals surface area (Å²) in [4.78, 5) is 15.2. The summed E-state index contributed by atoms with van der Waals surface area (Å²) in [6, 6.07) is 52.4. The van der Waals surface area contributed by atoms with Crippen molar-refractivity contribution in [2.45, 2.75) is 0 Å². The minimum Gasteiger partial charge on any atom is -0.456 e. The van der Waals surface area contributed by atoms with Gasteiger partial charge in [0.25, 0.3) is 0 Å². The zero-order valence-electron chi connectivity index (χ0n) is 24.6. The predicted molar refractivity (Wildman–Crippen MR) is 187 cm³/mol. The van der Waals surface area contributed by atoms with Crippen LogP contribution in [0.4, 0.5) is 0 Å². The molecule has 2 aromatic heterocycles. The summed E-state index contributed by atoms with van der Waals surface area (Å²) in [5.74, 6) is 1.91. The van der Waals surface area contributed by atoms with Gasteiger partial charge in [0, 0.05) is 27.5 Å². The van der Waals surface area contributed by atoms with E-state index in [-0.39, 0.29) is 0 Å². The fourth-order valence-corrected chi connectivity index (χ4v) is 7.31. The van der Waals surface area contributed by atoms with Gasteiger partial charge in [-0.2, -0.15) is 0 Å². The minimum absolute atomic E-state index is 0.524. The molecule has 6 aromatic carbocycles. The predicted octanol–water partition coefficient (Wildman–Crippen LogP) is 9.50. The van der Waals surface area contributed by atoms with Crippen LogP contribution in [-0.2, 0) is 0 Å². The van der Waals surface area contributed by atoms with E-state index in [1.165, 1.54) is 10.6 Å². The average molecular weight is 598 g/mol. The molecule has 0 radical (unpaired) electrons. The van der Waals surface area contributed by atoms with E-state index in [2.05, 4.69) is 122 Å². The summed E-state index contributed by atoms with van der Waals surface area (Å²) in [6.07, 6.45) is 0. The van der Waals surface area contributed by atoms with Crippen molar-refractivity contribution in [1.29, 1.82) is 0 Å². The van der Waals surface area contributed by atoms with E-state index in [9.17, 15) is 0 Å². The van der Waals surface area contributed by atoms with Crippen molar-refractivity contribution in [2.75, 3.05) is 6.66 Å². The highest BCUT2D eigenvalue weighted by molar-refractivity contribution is 7.72. The molecular formula is C40H28N3OP. The number of aromatic nitrogens is 3. The molecule has 0 saturated carbocycles. The number of para-hydroxylation sites is 1. The number of fused-ring (bicyclic) bond motifs is 3. The van der Waals surface area contributed by atoms with Gasteiger partial charge in [-0.15, -0.1) is 0 Å². The molecule has 45 heavy (non-hydrogen) atoms. The molecule has 0 aliphatic rings. The summed E-state index contributed by atoms with van der Waals surface area (Å²) in [7, 11) is -0.524. The molecular weight excluding hydrogens is 569 g/mol. The maximum Gasteiger partial charge on any atom is 0.164 e. The van der Waals surface area contributed by atoms with Crippen molar-refractivity contribution < 1.29 is 4.42 Å². The van der Waals surface area contributed by atoms with E-state index in [0.717, 1.165) is 49.8 Å². The monoisotopic (exact) mass is 597 g/mol. The van der Waals surface area contributed by atoms with Crippen molar-refractivity contribution in [3.05, 3.63) is 152 Å². The van der Waals surface area contributed by atoms with Crippen LogP contribution < -0.4 is 10.6 Å². The van der Waals surface area contributed by atoms with E-state index >= 15 is 0 Å². The van der Waals surface area contributed by atoms with Gasteiger partial charge >= 0.3 is 0 Å². The van der Waals surface area contributed by atoms with Gasteiger partial charge in [-0.1, -0.05) is 115 Å². The second kappa shape index (κ2) is 11.6. The van der Waals surface area contributed by atoms with Gasteiger partial charge in [0.05, 0.1) is 0 Å². The van der Waals surface area contributed by atoms with Crippen molar-refractivity contribution in [3.63, 3.8) is 0 Å². The highest BCUT2D eigenvalue weighted by atomic mass is 31.1. The van der Waals surface area contributed by atoms with Gasteiger partial charge in [-0.3, -0.25) is 0 Å². The standard InChI is InChI=1S/C40H28N3OP/c1-45(32-17-6-3-7-18-32)33-19-11-16-30(25-33)39-41-38(29-15-10-14-28(24-29)27-12-4-2-5-13-27)42-40(43-39)31-22-23-37-35(26-31)34-20-8-9-21-36(34)44-37/h2-26H,1H3. The fourth-order valence-electron chi connectivity index (χ4n) is 5.75. The van der Waals surface area contributed by atoms with E-state index in [1.54, 1.807) is 0 Å². The number of benzene rings is 6. The molecule has 8 rings (SSSR count). The molecule has 4 nitrogen and oxygen atoms in total. The third-order valence-corrected chi connectivity index (χ3v) is 10.3. The van der Waals surface area contributed by atoms with Gasteiger partial charge in [-0.25, -0.2) is 15.0 Å². The van der Waals surface area contributed by atoms with Gasteiger partial charge in [0.1, 0.15) is 11.2 Å². The first kappa shape index (κ1) is 27.1. The second-order valence-electron chi connectivity index (χ2n) is 11.0. The van der Waals surface area contributed by atoms with Crippen molar-refractivity contribution >= 4 is 40.5 Å². The molecule has 8 aromatic rings. The Morgan fingerprint density at radius 3 is 1.69 bits per heavy atom. The molecule has 1 unspecified atom stereocenters. The smallest absolute Gasteiger partial charge is 0.164 e. The lowest BCUT2D eigenvalue weighted by atomic mass is 10.0. The molecule has 0 aliphatic carbocycles. The molecule has 0 aliphatic heterocycles. The van der Waals surface area contributed by atoms with E-state index < -0.39 is 7.92 Å². The maximum atomic E-state index is 6.11. The number of nitrogens with zero attached hydrogens (tertiary/aromatic N) is 3. The fraction of sp³-hybridized carbons (Fsp3) is 0.0250. The molecule has 0 N–H and O–H groups in total. The molecule has 0 bridgehead atoms. The molecule has 0 fully saturated rings. The first-order chi connectivity index (χ1) is 22.2. The Hall–Kier alpha value is -5.44. The van der Waals surface area contributed by atoms with Crippen LogP contribution in [0.5, 0.6) is 0 Å². The summed E-state index contributed by atoms with van der Waals surface area (Å²) in [5.41, 5.74) is 6.79. The summed E-state index contributed by atoms with van der Waals surface area (Å²) < 4.78 is 6.11. The Morgan fingerprint density at radius 2 is 0.933 bits per heavy atom. The SMILES string of the molecule is CP(c1ccccc1)c1cccc(-c2nc(-c3cccc(-c4ccccc4)c3)nc(-c3ccc4oc5ccccc5c4c3)n2)c1. The van der Waals surface area contributed by atoms with Crippen LogP contribution in [0.3, 0.4) is 0 Å². The lowest BCUT2D eigenvalue weighted by Crippen LogP contribution is -2.11. The van der Waals surface area contributed by atoms with Crippen molar-refractivity contribution in [3.8, 4) is 45.3 Å². The second-order valence-corrected chi connectivity index (χ2v) is 13.2. The summed E-state index contributed by atoms with van der Waals surface area (Å²) >= 11 is 0. The summed E-state index contributed by atoms with van der Waals surface area (Å²) in [5, 5.41) is 4.72. The first-order valence-corrected chi connectivity index (χ1v) is 16.7. The zero-order chi connectivity index (χ0) is 30.2. The molecule has 214 valence electrons. The lowest BCUT2D eigenvalue weighted by molar-refractivity contribution is 0.669. The molecule has 5 heteroatoms. The van der Waals surface area contributed by atoms with E-state index in [1.807, 2.05) is 36.4 Å². The number of rotatable bonds is 6. The quantitative estimate of drug-likeness (QED) is 0.179. The Bertz CT molecular complexity index is 2300. The summed E-state index contributed by atoms with van der Waals surface area (Å²) in [6.45, 7) is 2.30. The number of hydrogen-bond acceptors (Lipinski definition) is 4. The van der Waals surface area contributed by atoms with E-state index in [4.69, 9.17) is 19.4 Å². The normalized spacial score (nSPS) is 12.0. The van der Waals surface area contributed by atoms with Crippen molar-refractivity contribution in [1.82, 2.24) is 15.0 Å². The largest absolute Gasteiger partial charge is 0.456 e.